The lowest BCUT2D eigenvalue weighted by Gasteiger charge is -2.08. The average molecular weight is 392 g/mol. The Morgan fingerprint density at radius 3 is 2.57 bits per heavy atom. The van der Waals surface area contributed by atoms with E-state index in [0.29, 0.717) is 17.3 Å². The van der Waals surface area contributed by atoms with Crippen molar-refractivity contribution < 1.29 is 4.79 Å². The van der Waals surface area contributed by atoms with E-state index in [2.05, 4.69) is 15.5 Å². The molecule has 4 rings (SSSR count). The van der Waals surface area contributed by atoms with Crippen molar-refractivity contribution in [3.8, 4) is 16.9 Å². The van der Waals surface area contributed by atoms with Gasteiger partial charge in [-0.25, -0.2) is 4.68 Å². The van der Waals surface area contributed by atoms with Crippen LogP contribution in [0, 0.1) is 0 Å². The van der Waals surface area contributed by atoms with E-state index >= 15 is 0 Å². The van der Waals surface area contributed by atoms with Gasteiger partial charge in [0.2, 0.25) is 0 Å². The van der Waals surface area contributed by atoms with E-state index in [1.807, 2.05) is 67.8 Å². The Hall–Kier alpha value is -3.38. The number of benzene rings is 2. The second-order valence-corrected chi connectivity index (χ2v) is 6.75. The molecule has 2 aromatic heterocycles. The molecule has 0 saturated carbocycles. The quantitative estimate of drug-likeness (QED) is 0.562. The van der Waals surface area contributed by atoms with E-state index in [1.165, 1.54) is 0 Å². The molecule has 1 amide bonds. The maximum atomic E-state index is 12.7. The van der Waals surface area contributed by atoms with Crippen LogP contribution >= 0.6 is 11.6 Å². The Balaban J connectivity index is 1.69. The van der Waals surface area contributed by atoms with Crippen molar-refractivity contribution in [2.75, 3.05) is 0 Å². The first-order valence-electron chi connectivity index (χ1n) is 8.78. The van der Waals surface area contributed by atoms with E-state index in [-0.39, 0.29) is 5.91 Å². The zero-order chi connectivity index (χ0) is 19.5. The third-order valence-corrected chi connectivity index (χ3v) is 4.63. The van der Waals surface area contributed by atoms with Gasteiger partial charge in [0.25, 0.3) is 5.91 Å². The van der Waals surface area contributed by atoms with Crippen LogP contribution in [0.1, 0.15) is 16.1 Å². The Morgan fingerprint density at radius 1 is 1.11 bits per heavy atom. The van der Waals surface area contributed by atoms with Crippen LogP contribution in [0.15, 0.2) is 73.1 Å². The van der Waals surface area contributed by atoms with E-state index < -0.39 is 0 Å². The normalized spacial score (nSPS) is 10.8. The molecule has 1 N–H and O–H groups in total. The van der Waals surface area contributed by atoms with Gasteiger partial charge in [0.1, 0.15) is 0 Å². The van der Waals surface area contributed by atoms with Crippen molar-refractivity contribution in [3.05, 3.63) is 89.3 Å². The van der Waals surface area contributed by atoms with Gasteiger partial charge in [-0.05, 0) is 24.3 Å². The summed E-state index contributed by atoms with van der Waals surface area (Å²) in [6.45, 7) is 0.381. The number of aryl methyl sites for hydroxylation is 1. The van der Waals surface area contributed by atoms with Crippen molar-refractivity contribution >= 4 is 17.5 Å². The van der Waals surface area contributed by atoms with Crippen LogP contribution in [0.25, 0.3) is 16.9 Å². The molecular formula is C21H18ClN5O. The highest BCUT2D eigenvalue weighted by molar-refractivity contribution is 6.33. The number of rotatable bonds is 5. The second kappa shape index (κ2) is 7.70. The molecule has 0 aliphatic heterocycles. The van der Waals surface area contributed by atoms with Crippen LogP contribution < -0.4 is 5.32 Å². The van der Waals surface area contributed by atoms with Crippen molar-refractivity contribution in [1.29, 1.82) is 0 Å². The van der Waals surface area contributed by atoms with Crippen LogP contribution in [0.3, 0.4) is 0 Å². The number of halogens is 1. The molecule has 2 aromatic carbocycles. The molecule has 0 bridgehead atoms. The fourth-order valence-corrected chi connectivity index (χ4v) is 3.19. The van der Waals surface area contributed by atoms with Gasteiger partial charge in [0.15, 0.2) is 5.69 Å². The summed E-state index contributed by atoms with van der Waals surface area (Å²) in [7, 11) is 1.84. The van der Waals surface area contributed by atoms with Crippen LogP contribution in [-0.4, -0.2) is 25.5 Å². The second-order valence-electron chi connectivity index (χ2n) is 6.35. The molecule has 0 atom stereocenters. The largest absolute Gasteiger partial charge is 0.346 e. The Bertz CT molecular complexity index is 1120. The monoisotopic (exact) mass is 391 g/mol. The van der Waals surface area contributed by atoms with Crippen LogP contribution in [-0.2, 0) is 13.6 Å². The highest BCUT2D eigenvalue weighted by Gasteiger charge is 2.18. The van der Waals surface area contributed by atoms with Crippen LogP contribution in [0.5, 0.6) is 0 Å². The van der Waals surface area contributed by atoms with Crippen molar-refractivity contribution in [2.45, 2.75) is 6.54 Å². The lowest BCUT2D eigenvalue weighted by molar-refractivity contribution is 0.0945. The number of nitrogens with zero attached hydrogens (tertiary/aromatic N) is 4. The van der Waals surface area contributed by atoms with E-state index in [0.717, 1.165) is 22.5 Å². The maximum absolute atomic E-state index is 12.7. The number of carbonyl (C=O) groups is 1. The summed E-state index contributed by atoms with van der Waals surface area (Å²) >= 11 is 6.40. The standard InChI is InChI=1S/C21H18ClN5O/c1-26-14-15(13-24-26)12-23-21(28)19-11-20(17-9-5-6-10-18(17)22)27(25-19)16-7-3-2-4-8-16/h2-11,13-14H,12H2,1H3,(H,23,28). The van der Waals surface area contributed by atoms with E-state index in [4.69, 9.17) is 11.6 Å². The number of carbonyl (C=O) groups excluding carboxylic acids is 1. The Labute approximate surface area is 167 Å². The highest BCUT2D eigenvalue weighted by Crippen LogP contribution is 2.30. The maximum Gasteiger partial charge on any atom is 0.272 e. The van der Waals surface area contributed by atoms with Gasteiger partial charge < -0.3 is 5.32 Å². The van der Waals surface area contributed by atoms with Gasteiger partial charge in [-0.3, -0.25) is 9.48 Å². The predicted octanol–water partition coefficient (Wildman–Crippen LogP) is 3.86. The fourth-order valence-electron chi connectivity index (χ4n) is 2.95. The van der Waals surface area contributed by atoms with Crippen LogP contribution in [0.4, 0.5) is 0 Å². The summed E-state index contributed by atoms with van der Waals surface area (Å²) in [5.74, 6) is -0.258. The van der Waals surface area contributed by atoms with E-state index in [9.17, 15) is 4.79 Å². The predicted molar refractivity (Wildman–Crippen MR) is 108 cm³/mol. The van der Waals surface area contributed by atoms with Gasteiger partial charge >= 0.3 is 0 Å². The lowest BCUT2D eigenvalue weighted by atomic mass is 10.1. The number of hydrogen-bond donors (Lipinski definition) is 1. The zero-order valence-corrected chi connectivity index (χ0v) is 16.0. The minimum absolute atomic E-state index is 0.258. The molecule has 140 valence electrons. The minimum Gasteiger partial charge on any atom is -0.346 e. The molecular weight excluding hydrogens is 374 g/mol. The molecule has 0 aliphatic carbocycles. The minimum atomic E-state index is -0.258. The SMILES string of the molecule is Cn1cc(CNC(=O)c2cc(-c3ccccc3Cl)n(-c3ccccc3)n2)cn1. The first kappa shape index (κ1) is 18.0. The summed E-state index contributed by atoms with van der Waals surface area (Å²) < 4.78 is 3.43. The summed E-state index contributed by atoms with van der Waals surface area (Å²) in [5, 5.41) is 12.1. The first-order chi connectivity index (χ1) is 13.6. The van der Waals surface area contributed by atoms with Gasteiger partial charge in [-0.1, -0.05) is 48.0 Å². The highest BCUT2D eigenvalue weighted by atomic mass is 35.5. The van der Waals surface area contributed by atoms with Crippen molar-refractivity contribution in [1.82, 2.24) is 24.9 Å². The van der Waals surface area contributed by atoms with Crippen molar-refractivity contribution in [2.24, 2.45) is 7.05 Å². The van der Waals surface area contributed by atoms with Crippen molar-refractivity contribution in [3.63, 3.8) is 0 Å². The molecule has 7 heteroatoms. The van der Waals surface area contributed by atoms with Gasteiger partial charge in [0.05, 0.1) is 17.6 Å². The summed E-state index contributed by atoms with van der Waals surface area (Å²) in [6.07, 6.45) is 3.58. The molecule has 0 radical (unpaired) electrons. The molecule has 0 spiro atoms. The molecule has 0 unspecified atom stereocenters. The molecule has 0 aliphatic rings. The number of nitrogens with one attached hydrogen (secondary N) is 1. The number of aromatic nitrogens is 4. The summed E-state index contributed by atoms with van der Waals surface area (Å²) in [4.78, 5) is 12.7. The topological polar surface area (TPSA) is 64.7 Å². The third-order valence-electron chi connectivity index (χ3n) is 4.30. The first-order valence-corrected chi connectivity index (χ1v) is 9.16. The Morgan fingerprint density at radius 2 is 1.86 bits per heavy atom. The van der Waals surface area contributed by atoms with Gasteiger partial charge in [0, 0.05) is 35.9 Å². The molecule has 2 heterocycles. The lowest BCUT2D eigenvalue weighted by Crippen LogP contribution is -2.23. The smallest absolute Gasteiger partial charge is 0.272 e. The zero-order valence-electron chi connectivity index (χ0n) is 15.2. The summed E-state index contributed by atoms with van der Waals surface area (Å²) in [5.41, 5.74) is 3.66. The molecule has 6 nitrogen and oxygen atoms in total. The average Bonchev–Trinajstić information content (AvgIpc) is 3.34. The van der Waals surface area contributed by atoms with Gasteiger partial charge in [-0.15, -0.1) is 0 Å². The molecule has 0 fully saturated rings. The molecule has 28 heavy (non-hydrogen) atoms. The van der Waals surface area contributed by atoms with Crippen LogP contribution in [0.2, 0.25) is 5.02 Å². The number of amides is 1. The number of hydrogen-bond acceptors (Lipinski definition) is 3. The molecule has 0 saturated heterocycles. The number of para-hydroxylation sites is 1. The summed E-state index contributed by atoms with van der Waals surface area (Å²) in [6, 6.07) is 18.9. The Kier molecular flexibility index (Phi) is 4.95. The van der Waals surface area contributed by atoms with E-state index in [1.54, 1.807) is 21.6 Å². The molecule has 4 aromatic rings. The third kappa shape index (κ3) is 3.68. The van der Waals surface area contributed by atoms with Gasteiger partial charge in [-0.2, -0.15) is 10.2 Å². The fraction of sp³-hybridized carbons (Fsp3) is 0.0952.